The Morgan fingerprint density at radius 3 is 2.28 bits per heavy atom. The number of alkyl halides is 3. The molecular formula is C28H23F4NO3. The van der Waals surface area contributed by atoms with Crippen molar-refractivity contribution in [1.82, 2.24) is 4.98 Å². The Morgan fingerprint density at radius 2 is 1.67 bits per heavy atom. The fraction of sp³-hybridized carbons (Fsp3) is 0.214. The van der Waals surface area contributed by atoms with Gasteiger partial charge in [0.15, 0.2) is 0 Å². The molecule has 0 bridgehead atoms. The van der Waals surface area contributed by atoms with Crippen LogP contribution in [0.3, 0.4) is 0 Å². The van der Waals surface area contributed by atoms with Crippen LogP contribution in [0.25, 0.3) is 33.3 Å². The Morgan fingerprint density at radius 1 is 0.972 bits per heavy atom. The highest BCUT2D eigenvalue weighted by Gasteiger charge is 2.31. The first-order chi connectivity index (χ1) is 17.0. The Kier molecular flexibility index (Phi) is 6.97. The predicted octanol–water partition coefficient (Wildman–Crippen LogP) is 7.85. The van der Waals surface area contributed by atoms with Gasteiger partial charge in [0, 0.05) is 16.5 Å². The standard InChI is InChI=1S/C28H23F4NO3/c1-16(2)11-12-36-20-7-3-17(4-8-20)21-9-5-18(13-24(21)29)26-15-23(27(34)35)22-14-19(28(30,31)32)6-10-25(22)33-26/h3-10,13-16H,11-12H2,1-2H3,(H,34,35). The molecule has 36 heavy (non-hydrogen) atoms. The van der Waals surface area contributed by atoms with Crippen molar-refractivity contribution in [2.24, 2.45) is 5.92 Å². The van der Waals surface area contributed by atoms with Crippen LogP contribution < -0.4 is 4.74 Å². The molecule has 1 heterocycles. The number of hydrogen-bond donors (Lipinski definition) is 1. The van der Waals surface area contributed by atoms with E-state index in [9.17, 15) is 23.1 Å². The van der Waals surface area contributed by atoms with E-state index in [1.807, 2.05) is 0 Å². The van der Waals surface area contributed by atoms with E-state index in [0.29, 0.717) is 35.0 Å². The van der Waals surface area contributed by atoms with Crippen LogP contribution in [0.2, 0.25) is 0 Å². The summed E-state index contributed by atoms with van der Waals surface area (Å²) in [6, 6.07) is 15.3. The molecule has 0 fully saturated rings. The summed E-state index contributed by atoms with van der Waals surface area (Å²) in [5.41, 5.74) is 0.148. The van der Waals surface area contributed by atoms with Crippen molar-refractivity contribution in [3.63, 3.8) is 0 Å². The zero-order chi connectivity index (χ0) is 26.0. The smallest absolute Gasteiger partial charge is 0.416 e. The second-order valence-electron chi connectivity index (χ2n) is 8.84. The zero-order valence-corrected chi connectivity index (χ0v) is 19.6. The lowest BCUT2D eigenvalue weighted by Crippen LogP contribution is -2.06. The second kappa shape index (κ2) is 9.97. The van der Waals surface area contributed by atoms with E-state index in [2.05, 4.69) is 18.8 Å². The predicted molar refractivity (Wildman–Crippen MR) is 129 cm³/mol. The van der Waals surface area contributed by atoms with Crippen molar-refractivity contribution in [3.8, 4) is 28.1 Å². The van der Waals surface area contributed by atoms with Gasteiger partial charge < -0.3 is 9.84 Å². The molecule has 0 saturated heterocycles. The monoisotopic (exact) mass is 497 g/mol. The van der Waals surface area contributed by atoms with Crippen LogP contribution in [-0.2, 0) is 6.18 Å². The number of halogens is 4. The van der Waals surface area contributed by atoms with Crippen LogP contribution in [0.1, 0.15) is 36.2 Å². The first-order valence-electron chi connectivity index (χ1n) is 11.3. The first kappa shape index (κ1) is 25.2. The molecule has 4 rings (SSSR count). The fourth-order valence-corrected chi connectivity index (χ4v) is 3.78. The molecule has 8 heteroatoms. The second-order valence-corrected chi connectivity index (χ2v) is 8.84. The lowest BCUT2D eigenvalue weighted by atomic mass is 9.99. The number of rotatable bonds is 7. The minimum Gasteiger partial charge on any atom is -0.494 e. The van der Waals surface area contributed by atoms with Gasteiger partial charge in [-0.05, 0) is 60.4 Å². The van der Waals surface area contributed by atoms with Gasteiger partial charge in [-0.15, -0.1) is 0 Å². The summed E-state index contributed by atoms with van der Waals surface area (Å²) in [5, 5.41) is 9.46. The number of aromatic nitrogens is 1. The average Bonchev–Trinajstić information content (AvgIpc) is 2.82. The highest BCUT2D eigenvalue weighted by Crippen LogP contribution is 2.34. The van der Waals surface area contributed by atoms with E-state index in [1.54, 1.807) is 36.4 Å². The number of benzene rings is 3. The first-order valence-corrected chi connectivity index (χ1v) is 11.3. The largest absolute Gasteiger partial charge is 0.494 e. The van der Waals surface area contributed by atoms with E-state index >= 15 is 4.39 Å². The molecule has 186 valence electrons. The molecule has 4 nitrogen and oxygen atoms in total. The maximum Gasteiger partial charge on any atom is 0.416 e. The Labute approximate surface area is 205 Å². The molecule has 1 aromatic heterocycles. The van der Waals surface area contributed by atoms with Gasteiger partial charge in [-0.1, -0.05) is 38.1 Å². The molecule has 0 spiro atoms. The summed E-state index contributed by atoms with van der Waals surface area (Å²) in [5.74, 6) is -0.743. The molecule has 0 atom stereocenters. The molecule has 0 unspecified atom stereocenters. The lowest BCUT2D eigenvalue weighted by Gasteiger charge is -2.12. The molecule has 0 amide bonds. The summed E-state index contributed by atoms with van der Waals surface area (Å²) in [4.78, 5) is 16.1. The summed E-state index contributed by atoms with van der Waals surface area (Å²) in [6.07, 6.45) is -3.70. The molecule has 4 aromatic rings. The third-order valence-corrected chi connectivity index (χ3v) is 5.76. The van der Waals surface area contributed by atoms with Crippen molar-refractivity contribution in [3.05, 3.63) is 83.7 Å². The fourth-order valence-electron chi connectivity index (χ4n) is 3.78. The number of carbonyl (C=O) groups is 1. The third-order valence-electron chi connectivity index (χ3n) is 5.76. The van der Waals surface area contributed by atoms with Gasteiger partial charge in [0.25, 0.3) is 0 Å². The number of nitrogens with zero attached hydrogens (tertiary/aromatic N) is 1. The van der Waals surface area contributed by atoms with Crippen LogP contribution in [0.5, 0.6) is 5.75 Å². The maximum atomic E-state index is 15.1. The topological polar surface area (TPSA) is 59.4 Å². The number of aromatic carboxylic acids is 1. The molecular weight excluding hydrogens is 474 g/mol. The molecule has 0 saturated carbocycles. The van der Waals surface area contributed by atoms with Gasteiger partial charge in [-0.3, -0.25) is 0 Å². The Bertz CT molecular complexity index is 1410. The normalized spacial score (nSPS) is 11.8. The molecule has 0 aliphatic heterocycles. The summed E-state index contributed by atoms with van der Waals surface area (Å²) < 4.78 is 60.1. The van der Waals surface area contributed by atoms with Crippen molar-refractivity contribution in [2.75, 3.05) is 6.61 Å². The Balaban J connectivity index is 1.65. The molecule has 0 aliphatic carbocycles. The van der Waals surface area contributed by atoms with E-state index in [-0.39, 0.29) is 22.2 Å². The summed E-state index contributed by atoms with van der Waals surface area (Å²) in [6.45, 7) is 4.81. The minimum atomic E-state index is -4.62. The number of ether oxygens (including phenoxy) is 1. The highest BCUT2D eigenvalue weighted by molar-refractivity contribution is 6.04. The van der Waals surface area contributed by atoms with Gasteiger partial charge in [0.05, 0.1) is 28.9 Å². The van der Waals surface area contributed by atoms with Gasteiger partial charge in [0.1, 0.15) is 11.6 Å². The van der Waals surface area contributed by atoms with E-state index < -0.39 is 23.5 Å². The van der Waals surface area contributed by atoms with Crippen LogP contribution in [0.15, 0.2) is 66.7 Å². The minimum absolute atomic E-state index is 0.0652. The van der Waals surface area contributed by atoms with Gasteiger partial charge in [-0.2, -0.15) is 13.2 Å². The molecule has 3 aromatic carbocycles. The lowest BCUT2D eigenvalue weighted by molar-refractivity contribution is -0.137. The van der Waals surface area contributed by atoms with Crippen molar-refractivity contribution >= 4 is 16.9 Å². The van der Waals surface area contributed by atoms with Crippen molar-refractivity contribution in [1.29, 1.82) is 0 Å². The number of pyridine rings is 1. The number of carboxylic acid groups (broad SMARTS) is 1. The quantitative estimate of drug-likeness (QED) is 0.264. The van der Waals surface area contributed by atoms with Gasteiger partial charge >= 0.3 is 12.1 Å². The molecule has 0 radical (unpaired) electrons. The van der Waals surface area contributed by atoms with Crippen molar-refractivity contribution in [2.45, 2.75) is 26.4 Å². The van der Waals surface area contributed by atoms with Gasteiger partial charge in [0.2, 0.25) is 0 Å². The van der Waals surface area contributed by atoms with Crippen LogP contribution >= 0.6 is 0 Å². The Hall–Kier alpha value is -3.94. The number of fused-ring (bicyclic) bond motifs is 1. The zero-order valence-electron chi connectivity index (χ0n) is 19.6. The van der Waals surface area contributed by atoms with E-state index in [0.717, 1.165) is 30.7 Å². The molecule has 1 N–H and O–H groups in total. The number of carboxylic acids is 1. The van der Waals surface area contributed by atoms with Crippen LogP contribution in [0, 0.1) is 11.7 Å². The van der Waals surface area contributed by atoms with Gasteiger partial charge in [-0.25, -0.2) is 14.2 Å². The highest BCUT2D eigenvalue weighted by atomic mass is 19.4. The SMILES string of the molecule is CC(C)CCOc1ccc(-c2ccc(-c3cc(C(=O)O)c4cc(C(F)(F)F)ccc4n3)cc2F)cc1. The molecule has 0 aliphatic rings. The van der Waals surface area contributed by atoms with E-state index in [4.69, 9.17) is 4.74 Å². The van der Waals surface area contributed by atoms with E-state index in [1.165, 1.54) is 6.07 Å². The van der Waals surface area contributed by atoms with Crippen LogP contribution in [-0.4, -0.2) is 22.7 Å². The van der Waals surface area contributed by atoms with Crippen molar-refractivity contribution < 1.29 is 32.2 Å². The van der Waals surface area contributed by atoms with Crippen LogP contribution in [0.4, 0.5) is 17.6 Å². The average molecular weight is 497 g/mol. The summed E-state index contributed by atoms with van der Waals surface area (Å²) in [7, 11) is 0. The maximum absolute atomic E-state index is 15.1. The summed E-state index contributed by atoms with van der Waals surface area (Å²) >= 11 is 0. The third kappa shape index (κ3) is 5.48. The number of hydrogen-bond acceptors (Lipinski definition) is 3.